The van der Waals surface area contributed by atoms with E-state index in [4.69, 9.17) is 4.74 Å². The summed E-state index contributed by atoms with van der Waals surface area (Å²) in [6, 6.07) is 9.06. The Morgan fingerprint density at radius 1 is 1.15 bits per heavy atom. The van der Waals surface area contributed by atoms with Gasteiger partial charge in [0.25, 0.3) is 0 Å². The number of rotatable bonds is 5. The van der Waals surface area contributed by atoms with Gasteiger partial charge in [-0.15, -0.1) is 0 Å². The lowest BCUT2D eigenvalue weighted by Gasteiger charge is -2.35. The second kappa shape index (κ2) is 8.98. The molecular formula is C21H33N3O2. The van der Waals surface area contributed by atoms with Gasteiger partial charge in [-0.05, 0) is 51.3 Å². The van der Waals surface area contributed by atoms with Crippen LogP contribution in [-0.2, 0) is 22.6 Å². The number of amides is 1. The maximum absolute atomic E-state index is 12.4. The van der Waals surface area contributed by atoms with E-state index in [9.17, 15) is 4.79 Å². The summed E-state index contributed by atoms with van der Waals surface area (Å²) in [5.74, 6) is 0.342. The van der Waals surface area contributed by atoms with Crippen LogP contribution < -0.4 is 10.6 Å². The fraction of sp³-hybridized carbons (Fsp3) is 0.667. The molecule has 1 amide bonds. The molecule has 0 bridgehead atoms. The first-order valence-corrected chi connectivity index (χ1v) is 9.96. The number of ether oxygens (including phenoxy) is 1. The van der Waals surface area contributed by atoms with Gasteiger partial charge in [-0.25, -0.2) is 0 Å². The topological polar surface area (TPSA) is 53.6 Å². The van der Waals surface area contributed by atoms with Crippen LogP contribution in [0.1, 0.15) is 44.7 Å². The minimum Gasteiger partial charge on any atom is -0.373 e. The van der Waals surface area contributed by atoms with Gasteiger partial charge >= 0.3 is 0 Å². The maximum Gasteiger partial charge on any atom is 0.223 e. The molecule has 3 rings (SSSR count). The van der Waals surface area contributed by atoms with Crippen LogP contribution in [0.5, 0.6) is 0 Å². The molecule has 144 valence electrons. The summed E-state index contributed by atoms with van der Waals surface area (Å²) in [6.45, 7) is 10.9. The highest BCUT2D eigenvalue weighted by Crippen LogP contribution is 2.17. The number of piperidine rings is 1. The average Bonchev–Trinajstić information content (AvgIpc) is 2.60. The van der Waals surface area contributed by atoms with Crippen molar-refractivity contribution in [3.63, 3.8) is 0 Å². The number of nitrogens with one attached hydrogen (secondary N) is 2. The molecule has 4 atom stereocenters. The van der Waals surface area contributed by atoms with Crippen molar-refractivity contribution >= 4 is 5.91 Å². The van der Waals surface area contributed by atoms with E-state index in [1.165, 1.54) is 5.56 Å². The van der Waals surface area contributed by atoms with Gasteiger partial charge in [0, 0.05) is 38.1 Å². The first kappa shape index (κ1) is 19.3. The molecule has 0 spiro atoms. The van der Waals surface area contributed by atoms with E-state index in [0.717, 1.165) is 44.6 Å². The fourth-order valence-corrected chi connectivity index (χ4v) is 4.14. The third-order valence-corrected chi connectivity index (χ3v) is 5.39. The van der Waals surface area contributed by atoms with Crippen LogP contribution in [0.3, 0.4) is 0 Å². The molecule has 26 heavy (non-hydrogen) atoms. The Labute approximate surface area is 157 Å². The third kappa shape index (κ3) is 5.53. The van der Waals surface area contributed by atoms with Crippen LogP contribution >= 0.6 is 0 Å². The lowest BCUT2D eigenvalue weighted by atomic mass is 9.92. The second-order valence-electron chi connectivity index (χ2n) is 8.06. The van der Waals surface area contributed by atoms with Crippen molar-refractivity contribution in [3.05, 3.63) is 35.4 Å². The molecule has 2 N–H and O–H groups in total. The highest BCUT2D eigenvalue weighted by atomic mass is 16.5. The number of hydrogen-bond acceptors (Lipinski definition) is 4. The lowest BCUT2D eigenvalue weighted by Crippen LogP contribution is -2.44. The molecule has 2 fully saturated rings. The maximum atomic E-state index is 12.4. The van der Waals surface area contributed by atoms with E-state index in [-0.39, 0.29) is 11.8 Å². The quantitative estimate of drug-likeness (QED) is 0.847. The fourth-order valence-electron chi connectivity index (χ4n) is 4.14. The molecule has 5 nitrogen and oxygen atoms in total. The Bertz CT molecular complexity index is 579. The van der Waals surface area contributed by atoms with Crippen molar-refractivity contribution < 1.29 is 9.53 Å². The summed E-state index contributed by atoms with van der Waals surface area (Å²) in [5, 5.41) is 6.50. The monoisotopic (exact) mass is 359 g/mol. The van der Waals surface area contributed by atoms with Crippen LogP contribution in [-0.4, -0.2) is 48.7 Å². The van der Waals surface area contributed by atoms with E-state index in [2.05, 4.69) is 60.6 Å². The van der Waals surface area contributed by atoms with Gasteiger partial charge in [-0.3, -0.25) is 9.69 Å². The van der Waals surface area contributed by atoms with Crippen molar-refractivity contribution in [1.82, 2.24) is 15.5 Å². The van der Waals surface area contributed by atoms with Gasteiger partial charge < -0.3 is 15.4 Å². The van der Waals surface area contributed by atoms with Crippen LogP contribution in [0.2, 0.25) is 0 Å². The molecule has 2 aliphatic heterocycles. The Morgan fingerprint density at radius 2 is 1.81 bits per heavy atom. The zero-order valence-electron chi connectivity index (χ0n) is 16.3. The summed E-state index contributed by atoms with van der Waals surface area (Å²) in [4.78, 5) is 14.8. The SMILES string of the molecule is CC1CN(Cc2ccc(CNC(=O)[C@H]3CCN[C@@H](C)C3)cc2)CC(C)O1. The number of benzene rings is 1. The van der Waals surface area contributed by atoms with Crippen LogP contribution in [0.4, 0.5) is 0 Å². The summed E-state index contributed by atoms with van der Waals surface area (Å²) in [5.41, 5.74) is 2.47. The summed E-state index contributed by atoms with van der Waals surface area (Å²) < 4.78 is 5.80. The second-order valence-corrected chi connectivity index (χ2v) is 8.06. The normalized spacial score (nSPS) is 30.1. The molecule has 0 saturated carbocycles. The van der Waals surface area contributed by atoms with Gasteiger partial charge in [0.1, 0.15) is 0 Å². The average molecular weight is 360 g/mol. The molecule has 0 aliphatic carbocycles. The lowest BCUT2D eigenvalue weighted by molar-refractivity contribution is -0.126. The molecule has 1 aromatic carbocycles. The number of carbonyl (C=O) groups excluding carboxylic acids is 1. The van der Waals surface area contributed by atoms with E-state index >= 15 is 0 Å². The number of hydrogen-bond donors (Lipinski definition) is 2. The van der Waals surface area contributed by atoms with E-state index in [1.54, 1.807) is 0 Å². The molecule has 0 radical (unpaired) electrons. The standard InChI is InChI=1S/C21H33N3O2/c1-15-10-20(8-9-22-15)21(25)23-11-18-4-6-19(7-5-18)14-24-12-16(2)26-17(3)13-24/h4-7,15-17,20,22H,8-14H2,1-3H3,(H,23,25)/t15-,16?,17?,20-/m0/s1. The van der Waals surface area contributed by atoms with Gasteiger partial charge in [0.05, 0.1) is 12.2 Å². The van der Waals surface area contributed by atoms with Crippen molar-refractivity contribution in [2.75, 3.05) is 19.6 Å². The summed E-state index contributed by atoms with van der Waals surface area (Å²) in [7, 11) is 0. The van der Waals surface area contributed by atoms with E-state index in [1.807, 2.05) is 0 Å². The third-order valence-electron chi connectivity index (χ3n) is 5.39. The number of nitrogens with zero attached hydrogens (tertiary/aromatic N) is 1. The predicted molar refractivity (Wildman–Crippen MR) is 104 cm³/mol. The van der Waals surface area contributed by atoms with Crippen molar-refractivity contribution in [3.8, 4) is 0 Å². The predicted octanol–water partition coefficient (Wildman–Crippen LogP) is 2.30. The van der Waals surface area contributed by atoms with Gasteiger partial charge in [0.2, 0.25) is 5.91 Å². The van der Waals surface area contributed by atoms with Crippen LogP contribution in [0.15, 0.2) is 24.3 Å². The van der Waals surface area contributed by atoms with E-state index in [0.29, 0.717) is 24.8 Å². The van der Waals surface area contributed by atoms with Gasteiger partial charge in [-0.1, -0.05) is 24.3 Å². The molecule has 2 aliphatic rings. The first-order chi connectivity index (χ1) is 12.5. The van der Waals surface area contributed by atoms with Crippen LogP contribution in [0.25, 0.3) is 0 Å². The molecule has 2 heterocycles. The Hall–Kier alpha value is -1.43. The highest BCUT2D eigenvalue weighted by molar-refractivity contribution is 5.78. The summed E-state index contributed by atoms with van der Waals surface area (Å²) in [6.07, 6.45) is 2.46. The van der Waals surface area contributed by atoms with Crippen molar-refractivity contribution in [1.29, 1.82) is 0 Å². The Morgan fingerprint density at radius 3 is 2.46 bits per heavy atom. The minimum absolute atomic E-state index is 0.149. The van der Waals surface area contributed by atoms with Gasteiger partial charge in [-0.2, -0.15) is 0 Å². The van der Waals surface area contributed by atoms with Crippen molar-refractivity contribution in [2.45, 2.75) is 65.0 Å². The minimum atomic E-state index is 0.149. The van der Waals surface area contributed by atoms with Crippen LogP contribution in [0, 0.1) is 5.92 Å². The molecular weight excluding hydrogens is 326 g/mol. The summed E-state index contributed by atoms with van der Waals surface area (Å²) >= 11 is 0. The zero-order chi connectivity index (χ0) is 18.5. The molecule has 2 unspecified atom stereocenters. The largest absolute Gasteiger partial charge is 0.373 e. The zero-order valence-corrected chi connectivity index (χ0v) is 16.3. The number of carbonyl (C=O) groups is 1. The Kier molecular flexibility index (Phi) is 6.68. The number of morpholine rings is 1. The molecule has 5 heteroatoms. The molecule has 2 saturated heterocycles. The molecule has 0 aromatic heterocycles. The van der Waals surface area contributed by atoms with Crippen molar-refractivity contribution in [2.24, 2.45) is 5.92 Å². The first-order valence-electron chi connectivity index (χ1n) is 9.96. The smallest absolute Gasteiger partial charge is 0.223 e. The Balaban J connectivity index is 1.46. The highest BCUT2D eigenvalue weighted by Gasteiger charge is 2.24. The van der Waals surface area contributed by atoms with E-state index < -0.39 is 0 Å². The molecule has 1 aromatic rings. The van der Waals surface area contributed by atoms with Gasteiger partial charge in [0.15, 0.2) is 0 Å².